The van der Waals surface area contributed by atoms with Gasteiger partial charge >= 0.3 is 6.16 Å². The number of hydrogen-bond acceptors (Lipinski definition) is 3. The Hall–Kier alpha value is -0.730. The molecule has 0 amide bonds. The van der Waals surface area contributed by atoms with Gasteiger partial charge in [-0.1, -0.05) is 41.5 Å². The topological polar surface area (TPSA) is 35.5 Å². The lowest BCUT2D eigenvalue weighted by atomic mass is 9.99. The van der Waals surface area contributed by atoms with Gasteiger partial charge in [-0.25, -0.2) is 4.79 Å². The fourth-order valence-electron chi connectivity index (χ4n) is 1.12. The standard InChI is InChI=1S/C12H24O3/c1-7-10(9(2)3)15-11(13)14-8-12(4,5)6/h9-10H,7-8H2,1-6H3. The molecule has 0 aliphatic heterocycles. The second kappa shape index (κ2) is 5.99. The van der Waals surface area contributed by atoms with Gasteiger partial charge in [0.1, 0.15) is 6.10 Å². The molecule has 0 heterocycles. The maximum atomic E-state index is 11.3. The molecule has 0 saturated carbocycles. The minimum absolute atomic E-state index is 0.0153. The Bertz CT molecular complexity index is 192. The zero-order chi connectivity index (χ0) is 12.1. The normalized spacial score (nSPS) is 13.8. The Balaban J connectivity index is 3.92. The van der Waals surface area contributed by atoms with Crippen LogP contribution in [0.15, 0.2) is 0 Å². The van der Waals surface area contributed by atoms with Crippen LogP contribution in [0, 0.1) is 11.3 Å². The number of rotatable bonds is 4. The van der Waals surface area contributed by atoms with Crippen molar-refractivity contribution >= 4 is 6.16 Å². The predicted molar refractivity (Wildman–Crippen MR) is 60.8 cm³/mol. The van der Waals surface area contributed by atoms with Crippen molar-refractivity contribution in [1.29, 1.82) is 0 Å². The lowest BCUT2D eigenvalue weighted by Gasteiger charge is -2.22. The number of ether oxygens (including phenoxy) is 2. The van der Waals surface area contributed by atoms with E-state index in [4.69, 9.17) is 9.47 Å². The first-order valence-electron chi connectivity index (χ1n) is 5.59. The average molecular weight is 216 g/mol. The van der Waals surface area contributed by atoms with Gasteiger partial charge in [0.2, 0.25) is 0 Å². The molecule has 1 unspecified atom stereocenters. The van der Waals surface area contributed by atoms with Crippen LogP contribution in [-0.4, -0.2) is 18.9 Å². The molecule has 0 aromatic heterocycles. The number of carbonyl (C=O) groups is 1. The van der Waals surface area contributed by atoms with Crippen LogP contribution in [0.25, 0.3) is 0 Å². The average Bonchev–Trinajstić information content (AvgIpc) is 2.09. The van der Waals surface area contributed by atoms with Gasteiger partial charge in [-0.2, -0.15) is 0 Å². The summed E-state index contributed by atoms with van der Waals surface area (Å²) in [6.07, 6.45) is 0.227. The molecule has 15 heavy (non-hydrogen) atoms. The highest BCUT2D eigenvalue weighted by Gasteiger charge is 2.19. The Kier molecular flexibility index (Phi) is 5.69. The molecule has 0 saturated heterocycles. The van der Waals surface area contributed by atoms with Crippen molar-refractivity contribution in [2.45, 2.75) is 54.1 Å². The predicted octanol–water partition coefficient (Wildman–Crippen LogP) is 3.62. The minimum Gasteiger partial charge on any atom is -0.434 e. The van der Waals surface area contributed by atoms with Crippen LogP contribution in [0.3, 0.4) is 0 Å². The van der Waals surface area contributed by atoms with E-state index in [1.165, 1.54) is 0 Å². The van der Waals surface area contributed by atoms with E-state index in [0.717, 1.165) is 6.42 Å². The van der Waals surface area contributed by atoms with Crippen LogP contribution in [0.5, 0.6) is 0 Å². The summed E-state index contributed by atoms with van der Waals surface area (Å²) in [5, 5.41) is 0. The third-order valence-electron chi connectivity index (χ3n) is 2.02. The van der Waals surface area contributed by atoms with Gasteiger partial charge in [0.25, 0.3) is 0 Å². The van der Waals surface area contributed by atoms with Crippen LogP contribution >= 0.6 is 0 Å². The SMILES string of the molecule is CCC(OC(=O)OCC(C)(C)C)C(C)C. The first kappa shape index (κ1) is 14.3. The number of hydrogen-bond donors (Lipinski definition) is 0. The van der Waals surface area contributed by atoms with E-state index in [1.54, 1.807) is 0 Å². The highest BCUT2D eigenvalue weighted by molar-refractivity contribution is 5.60. The molecule has 0 aliphatic carbocycles. The van der Waals surface area contributed by atoms with Crippen LogP contribution < -0.4 is 0 Å². The molecule has 0 aromatic rings. The molecule has 0 rings (SSSR count). The van der Waals surface area contributed by atoms with Crippen LogP contribution in [0.2, 0.25) is 0 Å². The summed E-state index contributed by atoms with van der Waals surface area (Å²) in [5.41, 5.74) is -0.0153. The molecule has 1 atom stereocenters. The summed E-state index contributed by atoms with van der Waals surface area (Å²) >= 11 is 0. The van der Waals surface area contributed by atoms with Gasteiger partial charge in [-0.3, -0.25) is 0 Å². The molecular weight excluding hydrogens is 192 g/mol. The van der Waals surface area contributed by atoms with Gasteiger partial charge in [-0.15, -0.1) is 0 Å². The highest BCUT2D eigenvalue weighted by atomic mass is 16.7. The molecule has 0 N–H and O–H groups in total. The van der Waals surface area contributed by atoms with Crippen LogP contribution in [0.4, 0.5) is 4.79 Å². The van der Waals surface area contributed by atoms with E-state index < -0.39 is 6.16 Å². The van der Waals surface area contributed by atoms with Crippen molar-refractivity contribution in [3.05, 3.63) is 0 Å². The maximum Gasteiger partial charge on any atom is 0.508 e. The summed E-state index contributed by atoms with van der Waals surface area (Å²) in [5.74, 6) is 0.331. The van der Waals surface area contributed by atoms with E-state index >= 15 is 0 Å². The first-order valence-corrected chi connectivity index (χ1v) is 5.59. The van der Waals surface area contributed by atoms with Gasteiger partial charge < -0.3 is 9.47 Å². The molecule has 0 aromatic carbocycles. The molecule has 0 aliphatic rings. The van der Waals surface area contributed by atoms with Crippen molar-refractivity contribution in [1.82, 2.24) is 0 Å². The van der Waals surface area contributed by atoms with E-state index in [2.05, 4.69) is 0 Å². The van der Waals surface area contributed by atoms with Gasteiger partial charge in [0, 0.05) is 0 Å². The van der Waals surface area contributed by atoms with E-state index in [9.17, 15) is 4.79 Å². The summed E-state index contributed by atoms with van der Waals surface area (Å²) in [4.78, 5) is 11.3. The Morgan fingerprint density at radius 2 is 1.80 bits per heavy atom. The largest absolute Gasteiger partial charge is 0.508 e. The molecular formula is C12H24O3. The Morgan fingerprint density at radius 3 is 2.13 bits per heavy atom. The van der Waals surface area contributed by atoms with Crippen molar-refractivity contribution < 1.29 is 14.3 Å². The van der Waals surface area contributed by atoms with Crippen LogP contribution in [0.1, 0.15) is 48.0 Å². The summed E-state index contributed by atoms with van der Waals surface area (Å²) in [7, 11) is 0. The minimum atomic E-state index is -0.550. The molecule has 0 radical (unpaired) electrons. The third kappa shape index (κ3) is 7.23. The number of carbonyl (C=O) groups excluding carboxylic acids is 1. The van der Waals surface area contributed by atoms with Crippen molar-refractivity contribution in [3.63, 3.8) is 0 Å². The zero-order valence-electron chi connectivity index (χ0n) is 10.8. The molecule has 3 heteroatoms. The highest BCUT2D eigenvalue weighted by Crippen LogP contribution is 2.15. The fraction of sp³-hybridized carbons (Fsp3) is 0.917. The van der Waals surface area contributed by atoms with Gasteiger partial charge in [0.05, 0.1) is 6.61 Å². The monoisotopic (exact) mass is 216 g/mol. The van der Waals surface area contributed by atoms with E-state index in [0.29, 0.717) is 12.5 Å². The summed E-state index contributed by atoms with van der Waals surface area (Å²) < 4.78 is 10.2. The van der Waals surface area contributed by atoms with Crippen molar-refractivity contribution in [2.24, 2.45) is 11.3 Å². The van der Waals surface area contributed by atoms with E-state index in [1.807, 2.05) is 41.5 Å². The second-order valence-electron chi connectivity index (χ2n) is 5.41. The molecule has 0 spiro atoms. The van der Waals surface area contributed by atoms with Gasteiger partial charge in [0.15, 0.2) is 0 Å². The third-order valence-corrected chi connectivity index (χ3v) is 2.02. The van der Waals surface area contributed by atoms with Gasteiger partial charge in [-0.05, 0) is 17.8 Å². The lowest BCUT2D eigenvalue weighted by Crippen LogP contribution is -2.26. The second-order valence-corrected chi connectivity index (χ2v) is 5.41. The Morgan fingerprint density at radius 1 is 1.27 bits per heavy atom. The molecule has 90 valence electrons. The summed E-state index contributed by atoms with van der Waals surface area (Å²) in [6, 6.07) is 0. The van der Waals surface area contributed by atoms with Crippen molar-refractivity contribution in [3.8, 4) is 0 Å². The van der Waals surface area contributed by atoms with E-state index in [-0.39, 0.29) is 11.5 Å². The molecule has 0 fully saturated rings. The smallest absolute Gasteiger partial charge is 0.434 e. The fourth-order valence-corrected chi connectivity index (χ4v) is 1.12. The first-order chi connectivity index (χ1) is 6.76. The lowest BCUT2D eigenvalue weighted by molar-refractivity contribution is -0.00703. The molecule has 0 bridgehead atoms. The quantitative estimate of drug-likeness (QED) is 0.673. The zero-order valence-corrected chi connectivity index (χ0v) is 10.8. The maximum absolute atomic E-state index is 11.3. The summed E-state index contributed by atoms with van der Waals surface area (Å²) in [6.45, 7) is 12.5. The van der Waals surface area contributed by atoms with Crippen LogP contribution in [-0.2, 0) is 9.47 Å². The van der Waals surface area contributed by atoms with Crippen molar-refractivity contribution in [2.75, 3.05) is 6.61 Å². The Labute approximate surface area is 93.1 Å². The molecule has 3 nitrogen and oxygen atoms in total.